The SMILES string of the molecule is CCCCC(CC)CNC1CC(c2ccc(F)cc2)C1. The Hall–Kier alpha value is -0.890. The molecule has 0 aromatic heterocycles. The van der Waals surface area contributed by atoms with Crippen molar-refractivity contribution in [3.05, 3.63) is 35.6 Å². The first kappa shape index (κ1) is 15.5. The van der Waals surface area contributed by atoms with E-state index in [1.54, 1.807) is 12.1 Å². The van der Waals surface area contributed by atoms with Gasteiger partial charge in [0.25, 0.3) is 0 Å². The number of hydrogen-bond donors (Lipinski definition) is 1. The lowest BCUT2D eigenvalue weighted by Gasteiger charge is -2.37. The molecule has 0 amide bonds. The molecule has 0 saturated heterocycles. The van der Waals surface area contributed by atoms with Crippen LogP contribution >= 0.6 is 0 Å². The maximum Gasteiger partial charge on any atom is 0.123 e. The molecule has 1 saturated carbocycles. The molecule has 1 atom stereocenters. The van der Waals surface area contributed by atoms with Crippen molar-refractivity contribution in [2.75, 3.05) is 6.54 Å². The number of hydrogen-bond acceptors (Lipinski definition) is 1. The second-order valence-electron chi connectivity index (χ2n) is 6.24. The maximum absolute atomic E-state index is 12.9. The van der Waals surface area contributed by atoms with Gasteiger partial charge in [0, 0.05) is 6.04 Å². The molecule has 2 rings (SSSR count). The molecule has 1 aliphatic rings. The second-order valence-corrected chi connectivity index (χ2v) is 6.24. The summed E-state index contributed by atoms with van der Waals surface area (Å²) < 4.78 is 12.9. The van der Waals surface area contributed by atoms with E-state index in [0.717, 1.165) is 12.5 Å². The Kier molecular flexibility index (Phi) is 6.03. The predicted octanol–water partition coefficient (Wildman–Crippen LogP) is 4.88. The highest BCUT2D eigenvalue weighted by Gasteiger charge is 2.30. The number of unbranched alkanes of at least 4 members (excludes halogenated alkanes) is 1. The summed E-state index contributed by atoms with van der Waals surface area (Å²) in [7, 11) is 0. The predicted molar refractivity (Wildman–Crippen MR) is 83.5 cm³/mol. The fraction of sp³-hybridized carbons (Fsp3) is 0.667. The Balaban J connectivity index is 1.67. The molecule has 0 heterocycles. The minimum absolute atomic E-state index is 0.135. The first-order valence-electron chi connectivity index (χ1n) is 8.21. The van der Waals surface area contributed by atoms with Crippen molar-refractivity contribution < 1.29 is 4.39 Å². The van der Waals surface area contributed by atoms with E-state index in [-0.39, 0.29) is 5.82 Å². The van der Waals surface area contributed by atoms with Gasteiger partial charge in [-0.15, -0.1) is 0 Å². The number of halogens is 1. The van der Waals surface area contributed by atoms with Gasteiger partial charge >= 0.3 is 0 Å². The van der Waals surface area contributed by atoms with Gasteiger partial charge < -0.3 is 5.32 Å². The van der Waals surface area contributed by atoms with Crippen molar-refractivity contribution in [2.24, 2.45) is 5.92 Å². The summed E-state index contributed by atoms with van der Waals surface area (Å²) in [4.78, 5) is 0. The summed E-state index contributed by atoms with van der Waals surface area (Å²) in [6, 6.07) is 7.70. The molecule has 1 N–H and O–H groups in total. The lowest BCUT2D eigenvalue weighted by atomic mass is 9.75. The molecule has 1 nitrogen and oxygen atoms in total. The molecule has 1 fully saturated rings. The smallest absolute Gasteiger partial charge is 0.123 e. The van der Waals surface area contributed by atoms with Gasteiger partial charge in [-0.2, -0.15) is 0 Å². The van der Waals surface area contributed by atoms with E-state index in [0.29, 0.717) is 12.0 Å². The Labute approximate surface area is 123 Å². The standard InChI is InChI=1S/C18H28FN/c1-3-5-6-14(4-2)13-20-18-11-16(12-18)15-7-9-17(19)10-8-15/h7-10,14,16,18,20H,3-6,11-13H2,1-2H3. The lowest BCUT2D eigenvalue weighted by molar-refractivity contribution is 0.269. The third-order valence-corrected chi connectivity index (χ3v) is 4.72. The summed E-state index contributed by atoms with van der Waals surface area (Å²) in [5.41, 5.74) is 1.29. The van der Waals surface area contributed by atoms with E-state index < -0.39 is 0 Å². The zero-order valence-corrected chi connectivity index (χ0v) is 12.9. The Morgan fingerprint density at radius 3 is 2.50 bits per heavy atom. The molecular weight excluding hydrogens is 249 g/mol. The fourth-order valence-electron chi connectivity index (χ4n) is 3.07. The topological polar surface area (TPSA) is 12.0 Å². The average molecular weight is 277 g/mol. The first-order chi connectivity index (χ1) is 9.72. The van der Waals surface area contributed by atoms with E-state index in [4.69, 9.17) is 0 Å². The van der Waals surface area contributed by atoms with Gasteiger partial charge in [0.15, 0.2) is 0 Å². The zero-order valence-electron chi connectivity index (χ0n) is 12.9. The summed E-state index contributed by atoms with van der Waals surface area (Å²) in [5.74, 6) is 1.33. The maximum atomic E-state index is 12.9. The van der Waals surface area contributed by atoms with E-state index in [9.17, 15) is 4.39 Å². The van der Waals surface area contributed by atoms with Gasteiger partial charge in [0.1, 0.15) is 5.82 Å². The normalized spacial score (nSPS) is 23.4. The highest BCUT2D eigenvalue weighted by atomic mass is 19.1. The molecule has 0 bridgehead atoms. The van der Waals surface area contributed by atoms with Crippen LogP contribution in [0.5, 0.6) is 0 Å². The largest absolute Gasteiger partial charge is 0.314 e. The lowest BCUT2D eigenvalue weighted by Crippen LogP contribution is -2.42. The van der Waals surface area contributed by atoms with Crippen molar-refractivity contribution in [1.29, 1.82) is 0 Å². The molecule has 1 aromatic rings. The van der Waals surface area contributed by atoms with Crippen molar-refractivity contribution in [3.8, 4) is 0 Å². The van der Waals surface area contributed by atoms with Gasteiger partial charge in [0.05, 0.1) is 0 Å². The number of rotatable bonds is 8. The van der Waals surface area contributed by atoms with Crippen LogP contribution in [0.1, 0.15) is 63.9 Å². The second kappa shape index (κ2) is 7.78. The molecule has 0 spiro atoms. The number of nitrogens with one attached hydrogen (secondary N) is 1. The van der Waals surface area contributed by atoms with Gasteiger partial charge in [-0.25, -0.2) is 4.39 Å². The highest BCUT2D eigenvalue weighted by molar-refractivity contribution is 5.23. The molecule has 0 aliphatic heterocycles. The molecule has 20 heavy (non-hydrogen) atoms. The van der Waals surface area contributed by atoms with Gasteiger partial charge in [-0.05, 0) is 55.3 Å². The van der Waals surface area contributed by atoms with Crippen LogP contribution in [0.3, 0.4) is 0 Å². The third-order valence-electron chi connectivity index (χ3n) is 4.72. The summed E-state index contributed by atoms with van der Waals surface area (Å²) in [5, 5.41) is 3.72. The van der Waals surface area contributed by atoms with Crippen LogP contribution in [0, 0.1) is 11.7 Å². The minimum atomic E-state index is -0.135. The number of benzene rings is 1. The van der Waals surface area contributed by atoms with E-state index >= 15 is 0 Å². The van der Waals surface area contributed by atoms with Gasteiger partial charge in [-0.1, -0.05) is 45.2 Å². The molecule has 1 aromatic carbocycles. The van der Waals surface area contributed by atoms with Crippen LogP contribution in [0.4, 0.5) is 4.39 Å². The molecule has 1 unspecified atom stereocenters. The quantitative estimate of drug-likeness (QED) is 0.714. The average Bonchev–Trinajstić information content (AvgIpc) is 2.42. The van der Waals surface area contributed by atoms with Crippen LogP contribution in [-0.4, -0.2) is 12.6 Å². The van der Waals surface area contributed by atoms with E-state index in [1.807, 2.05) is 12.1 Å². The van der Waals surface area contributed by atoms with E-state index in [1.165, 1.54) is 44.1 Å². The van der Waals surface area contributed by atoms with Crippen molar-refractivity contribution in [3.63, 3.8) is 0 Å². The minimum Gasteiger partial charge on any atom is -0.314 e. The third kappa shape index (κ3) is 4.31. The van der Waals surface area contributed by atoms with Gasteiger partial charge in [-0.3, -0.25) is 0 Å². The van der Waals surface area contributed by atoms with Crippen LogP contribution in [0.25, 0.3) is 0 Å². The van der Waals surface area contributed by atoms with Crippen molar-refractivity contribution in [2.45, 2.75) is 64.3 Å². The molecule has 0 radical (unpaired) electrons. The van der Waals surface area contributed by atoms with Crippen molar-refractivity contribution in [1.82, 2.24) is 5.32 Å². The molecule has 112 valence electrons. The van der Waals surface area contributed by atoms with Crippen molar-refractivity contribution >= 4 is 0 Å². The van der Waals surface area contributed by atoms with Crippen LogP contribution in [0.15, 0.2) is 24.3 Å². The molecule has 2 heteroatoms. The van der Waals surface area contributed by atoms with Crippen LogP contribution < -0.4 is 5.32 Å². The Morgan fingerprint density at radius 2 is 1.90 bits per heavy atom. The summed E-state index contributed by atoms with van der Waals surface area (Å²) in [6.45, 7) is 5.72. The first-order valence-corrected chi connectivity index (χ1v) is 8.21. The van der Waals surface area contributed by atoms with E-state index in [2.05, 4.69) is 19.2 Å². The summed E-state index contributed by atoms with van der Waals surface area (Å²) in [6.07, 6.45) is 7.69. The zero-order chi connectivity index (χ0) is 14.4. The summed E-state index contributed by atoms with van der Waals surface area (Å²) >= 11 is 0. The monoisotopic (exact) mass is 277 g/mol. The Bertz CT molecular complexity index is 381. The van der Waals surface area contributed by atoms with Crippen LogP contribution in [-0.2, 0) is 0 Å². The molecular formula is C18H28FN. The highest BCUT2D eigenvalue weighted by Crippen LogP contribution is 2.36. The Morgan fingerprint density at radius 1 is 1.20 bits per heavy atom. The molecule has 1 aliphatic carbocycles. The van der Waals surface area contributed by atoms with Crippen LogP contribution in [0.2, 0.25) is 0 Å². The van der Waals surface area contributed by atoms with Gasteiger partial charge in [0.2, 0.25) is 0 Å². The fourth-order valence-corrected chi connectivity index (χ4v) is 3.07.